The van der Waals surface area contributed by atoms with E-state index in [0.717, 1.165) is 18.4 Å². The van der Waals surface area contributed by atoms with Crippen LogP contribution in [0.3, 0.4) is 0 Å². The quantitative estimate of drug-likeness (QED) is 0.890. The van der Waals surface area contributed by atoms with Gasteiger partial charge in [-0.1, -0.05) is 19.3 Å². The van der Waals surface area contributed by atoms with Crippen molar-refractivity contribution in [1.82, 2.24) is 10.3 Å². The van der Waals surface area contributed by atoms with Gasteiger partial charge in [-0.2, -0.15) is 0 Å². The van der Waals surface area contributed by atoms with E-state index in [1.807, 2.05) is 26.0 Å². The third kappa shape index (κ3) is 3.09. The second kappa shape index (κ2) is 5.51. The molecule has 1 aliphatic carbocycles. The van der Waals surface area contributed by atoms with E-state index < -0.39 is 0 Å². The standard InChI is InChI=1S/C15H22N2O/c1-15(2,13-8-10-16-11-9-13)17-14(18)12-6-4-3-5-7-12/h8-12H,3-7H2,1-2H3,(H,17,18). The number of pyridine rings is 1. The second-order valence-corrected chi connectivity index (χ2v) is 5.69. The Bertz CT molecular complexity index is 394. The molecule has 1 amide bonds. The molecule has 0 aliphatic heterocycles. The lowest BCUT2D eigenvalue weighted by Crippen LogP contribution is -2.44. The number of amides is 1. The van der Waals surface area contributed by atoms with E-state index in [2.05, 4.69) is 10.3 Å². The molecule has 3 nitrogen and oxygen atoms in total. The van der Waals surface area contributed by atoms with Gasteiger partial charge in [0.15, 0.2) is 0 Å². The molecule has 1 aliphatic rings. The van der Waals surface area contributed by atoms with Crippen LogP contribution in [0.1, 0.15) is 51.5 Å². The molecule has 0 saturated heterocycles. The number of carbonyl (C=O) groups is 1. The highest BCUT2D eigenvalue weighted by molar-refractivity contribution is 5.79. The lowest BCUT2D eigenvalue weighted by atomic mass is 9.87. The van der Waals surface area contributed by atoms with Crippen molar-refractivity contribution in [2.24, 2.45) is 5.92 Å². The molecular formula is C15H22N2O. The van der Waals surface area contributed by atoms with Crippen LogP contribution in [0.4, 0.5) is 0 Å². The summed E-state index contributed by atoms with van der Waals surface area (Å²) >= 11 is 0. The van der Waals surface area contributed by atoms with Crippen molar-refractivity contribution in [3.8, 4) is 0 Å². The molecule has 0 aromatic carbocycles. The second-order valence-electron chi connectivity index (χ2n) is 5.69. The summed E-state index contributed by atoms with van der Waals surface area (Å²) < 4.78 is 0. The molecule has 1 N–H and O–H groups in total. The zero-order valence-electron chi connectivity index (χ0n) is 11.3. The zero-order chi connectivity index (χ0) is 13.0. The fourth-order valence-electron chi connectivity index (χ4n) is 2.62. The molecule has 1 heterocycles. The van der Waals surface area contributed by atoms with Gasteiger partial charge < -0.3 is 5.32 Å². The monoisotopic (exact) mass is 246 g/mol. The molecule has 1 fully saturated rings. The Balaban J connectivity index is 2.01. The third-order valence-electron chi connectivity index (χ3n) is 3.81. The minimum Gasteiger partial charge on any atom is -0.347 e. The Kier molecular flexibility index (Phi) is 4.00. The highest BCUT2D eigenvalue weighted by Crippen LogP contribution is 2.26. The number of nitrogens with zero attached hydrogens (tertiary/aromatic N) is 1. The van der Waals surface area contributed by atoms with E-state index >= 15 is 0 Å². The van der Waals surface area contributed by atoms with Gasteiger partial charge in [0.2, 0.25) is 5.91 Å². The molecule has 18 heavy (non-hydrogen) atoms. The molecule has 1 saturated carbocycles. The molecule has 0 atom stereocenters. The third-order valence-corrected chi connectivity index (χ3v) is 3.81. The van der Waals surface area contributed by atoms with Crippen molar-refractivity contribution in [1.29, 1.82) is 0 Å². The maximum Gasteiger partial charge on any atom is 0.223 e. The van der Waals surface area contributed by atoms with E-state index in [0.29, 0.717) is 0 Å². The average molecular weight is 246 g/mol. The van der Waals surface area contributed by atoms with Gasteiger partial charge >= 0.3 is 0 Å². The van der Waals surface area contributed by atoms with E-state index in [9.17, 15) is 4.79 Å². The molecule has 2 rings (SSSR count). The molecule has 1 aromatic rings. The summed E-state index contributed by atoms with van der Waals surface area (Å²) in [4.78, 5) is 16.3. The first-order valence-electron chi connectivity index (χ1n) is 6.82. The van der Waals surface area contributed by atoms with Crippen molar-refractivity contribution in [3.05, 3.63) is 30.1 Å². The maximum absolute atomic E-state index is 12.3. The lowest BCUT2D eigenvalue weighted by molar-refractivity contribution is -0.127. The normalized spacial score (nSPS) is 17.4. The summed E-state index contributed by atoms with van der Waals surface area (Å²) in [5.41, 5.74) is 0.777. The number of hydrogen-bond donors (Lipinski definition) is 1. The fraction of sp³-hybridized carbons (Fsp3) is 0.600. The molecule has 1 aromatic heterocycles. The van der Waals surface area contributed by atoms with Crippen LogP contribution in [-0.2, 0) is 10.3 Å². The van der Waals surface area contributed by atoms with E-state index in [1.54, 1.807) is 12.4 Å². The van der Waals surface area contributed by atoms with Gasteiger partial charge in [-0.15, -0.1) is 0 Å². The van der Waals surface area contributed by atoms with Crippen LogP contribution < -0.4 is 5.32 Å². The summed E-state index contributed by atoms with van der Waals surface area (Å²) in [5.74, 6) is 0.413. The molecule has 98 valence electrons. The van der Waals surface area contributed by atoms with Crippen molar-refractivity contribution in [2.45, 2.75) is 51.5 Å². The number of rotatable bonds is 3. The summed E-state index contributed by atoms with van der Waals surface area (Å²) in [6.07, 6.45) is 9.27. The largest absolute Gasteiger partial charge is 0.347 e. The number of nitrogens with one attached hydrogen (secondary N) is 1. The van der Waals surface area contributed by atoms with Gasteiger partial charge in [-0.05, 0) is 44.4 Å². The van der Waals surface area contributed by atoms with E-state index in [-0.39, 0.29) is 17.4 Å². The van der Waals surface area contributed by atoms with Crippen molar-refractivity contribution >= 4 is 5.91 Å². The smallest absolute Gasteiger partial charge is 0.223 e. The van der Waals surface area contributed by atoms with Crippen LogP contribution in [0.15, 0.2) is 24.5 Å². The van der Waals surface area contributed by atoms with Crippen LogP contribution in [-0.4, -0.2) is 10.9 Å². The van der Waals surface area contributed by atoms with Crippen molar-refractivity contribution < 1.29 is 4.79 Å². The Hall–Kier alpha value is -1.38. The van der Waals surface area contributed by atoms with Gasteiger partial charge in [0.1, 0.15) is 0 Å². The minimum atomic E-state index is -0.322. The summed E-state index contributed by atoms with van der Waals surface area (Å²) in [5, 5.41) is 3.18. The predicted molar refractivity (Wildman–Crippen MR) is 72.0 cm³/mol. The van der Waals surface area contributed by atoms with Crippen molar-refractivity contribution in [3.63, 3.8) is 0 Å². The topological polar surface area (TPSA) is 42.0 Å². The first-order valence-corrected chi connectivity index (χ1v) is 6.82. The van der Waals surface area contributed by atoms with E-state index in [4.69, 9.17) is 0 Å². The van der Waals surface area contributed by atoms with Gasteiger partial charge in [-0.3, -0.25) is 9.78 Å². The number of hydrogen-bond acceptors (Lipinski definition) is 2. The summed E-state index contributed by atoms with van der Waals surface area (Å²) in [7, 11) is 0. The highest BCUT2D eigenvalue weighted by atomic mass is 16.2. The van der Waals surface area contributed by atoms with Gasteiger partial charge in [0.05, 0.1) is 5.54 Å². The molecule has 0 bridgehead atoms. The number of aromatic nitrogens is 1. The highest BCUT2D eigenvalue weighted by Gasteiger charge is 2.27. The molecular weight excluding hydrogens is 224 g/mol. The predicted octanol–water partition coefficient (Wildman–Crippen LogP) is 3.01. The Morgan fingerprint density at radius 2 is 1.83 bits per heavy atom. The Labute approximate surface area is 109 Å². The van der Waals surface area contributed by atoms with Crippen LogP contribution in [0, 0.1) is 5.92 Å². The molecule has 3 heteroatoms. The van der Waals surface area contributed by atoms with Crippen LogP contribution >= 0.6 is 0 Å². The summed E-state index contributed by atoms with van der Waals surface area (Å²) in [6, 6.07) is 3.92. The molecule has 0 unspecified atom stereocenters. The zero-order valence-corrected chi connectivity index (χ0v) is 11.3. The first kappa shape index (κ1) is 13.1. The first-order chi connectivity index (χ1) is 8.59. The van der Waals surface area contributed by atoms with Crippen LogP contribution in [0.2, 0.25) is 0 Å². The molecule has 0 radical (unpaired) electrons. The lowest BCUT2D eigenvalue weighted by Gasteiger charge is -2.30. The fourth-order valence-corrected chi connectivity index (χ4v) is 2.62. The van der Waals surface area contributed by atoms with Gasteiger partial charge in [0, 0.05) is 18.3 Å². The number of carbonyl (C=O) groups excluding carboxylic acids is 1. The Morgan fingerprint density at radius 1 is 1.22 bits per heavy atom. The van der Waals surface area contributed by atoms with Gasteiger partial charge in [-0.25, -0.2) is 0 Å². The molecule has 0 spiro atoms. The SMILES string of the molecule is CC(C)(NC(=O)C1CCCCC1)c1ccncc1. The van der Waals surface area contributed by atoms with E-state index in [1.165, 1.54) is 19.3 Å². The minimum absolute atomic E-state index is 0.205. The van der Waals surface area contributed by atoms with Crippen molar-refractivity contribution in [2.75, 3.05) is 0 Å². The maximum atomic E-state index is 12.3. The Morgan fingerprint density at radius 3 is 2.44 bits per heavy atom. The van der Waals surface area contributed by atoms with Crippen LogP contribution in [0.5, 0.6) is 0 Å². The van der Waals surface area contributed by atoms with Crippen LogP contribution in [0.25, 0.3) is 0 Å². The van der Waals surface area contributed by atoms with Gasteiger partial charge in [0.25, 0.3) is 0 Å². The summed E-state index contributed by atoms with van der Waals surface area (Å²) in [6.45, 7) is 4.09. The average Bonchev–Trinajstić information content (AvgIpc) is 2.40.